The van der Waals surface area contributed by atoms with Crippen LogP contribution in [0.25, 0.3) is 22.3 Å². The van der Waals surface area contributed by atoms with Crippen molar-refractivity contribution in [1.29, 1.82) is 5.26 Å². The zero-order valence-electron chi connectivity index (χ0n) is 20.3. The summed E-state index contributed by atoms with van der Waals surface area (Å²) in [4.78, 5) is 18.6. The van der Waals surface area contributed by atoms with Crippen LogP contribution in [0, 0.1) is 17.1 Å². The van der Waals surface area contributed by atoms with Gasteiger partial charge in [-0.15, -0.1) is 0 Å². The summed E-state index contributed by atoms with van der Waals surface area (Å²) in [5.74, 6) is -1.61. The van der Waals surface area contributed by atoms with Crippen molar-refractivity contribution in [2.75, 3.05) is 18.3 Å². The lowest BCUT2D eigenvalue weighted by atomic mass is 9.96. The van der Waals surface area contributed by atoms with Gasteiger partial charge in [0.1, 0.15) is 11.2 Å². The van der Waals surface area contributed by atoms with E-state index in [1.807, 2.05) is 30.3 Å². The molecule has 0 aliphatic heterocycles. The van der Waals surface area contributed by atoms with Crippen molar-refractivity contribution in [2.45, 2.75) is 25.3 Å². The standard InChI is InChI=1S/C27H24FN5O3S/c1-3-32(2)37(35,36)31-21-13-7-11-20(23(21)28)25(34)22-19-12-8-16-30-26(19)33(27(17-29)14-15-27)24(22)18-9-5-4-6-10-18/h4-13,16,31H,3,14-15H2,1-2H3. The van der Waals surface area contributed by atoms with E-state index in [1.165, 1.54) is 25.2 Å². The zero-order chi connectivity index (χ0) is 26.4. The molecule has 2 aromatic heterocycles. The Kier molecular flexibility index (Phi) is 6.06. The SMILES string of the molecule is CCN(C)S(=O)(=O)Nc1cccc(C(=O)c2c(-c3ccccc3)n(C3(C#N)CC3)c3ncccc23)c1F. The first kappa shape index (κ1) is 24.6. The van der Waals surface area contributed by atoms with E-state index in [0.29, 0.717) is 35.1 Å². The normalized spacial score (nSPS) is 14.5. The summed E-state index contributed by atoms with van der Waals surface area (Å²) in [5.41, 5.74) is 0.371. The van der Waals surface area contributed by atoms with Crippen molar-refractivity contribution in [1.82, 2.24) is 13.9 Å². The fourth-order valence-corrected chi connectivity index (χ4v) is 5.37. The molecule has 10 heteroatoms. The quantitative estimate of drug-likeness (QED) is 0.341. The molecule has 0 atom stereocenters. The number of halogens is 1. The number of nitrogens with one attached hydrogen (secondary N) is 1. The van der Waals surface area contributed by atoms with Gasteiger partial charge in [0, 0.05) is 25.2 Å². The van der Waals surface area contributed by atoms with Gasteiger partial charge in [0.25, 0.3) is 0 Å². The number of hydrogen-bond acceptors (Lipinski definition) is 5. The highest BCUT2D eigenvalue weighted by Gasteiger charge is 2.49. The molecule has 0 radical (unpaired) electrons. The summed E-state index contributed by atoms with van der Waals surface area (Å²) in [6.07, 6.45) is 2.80. The van der Waals surface area contributed by atoms with Crippen LogP contribution < -0.4 is 4.72 Å². The van der Waals surface area contributed by atoms with Gasteiger partial charge >= 0.3 is 10.2 Å². The summed E-state index contributed by atoms with van der Waals surface area (Å²) in [6.45, 7) is 1.83. The first-order chi connectivity index (χ1) is 17.7. The highest BCUT2D eigenvalue weighted by molar-refractivity contribution is 7.90. The molecule has 0 saturated heterocycles. The Morgan fingerprint density at radius 1 is 1.16 bits per heavy atom. The number of ketones is 1. The third-order valence-electron chi connectivity index (χ3n) is 6.70. The first-order valence-electron chi connectivity index (χ1n) is 11.8. The fraction of sp³-hybridized carbons (Fsp3) is 0.222. The number of carbonyl (C=O) groups excluding carboxylic acids is 1. The van der Waals surface area contributed by atoms with Crippen LogP contribution in [0.3, 0.4) is 0 Å². The minimum absolute atomic E-state index is 0.184. The van der Waals surface area contributed by atoms with E-state index < -0.39 is 27.3 Å². The molecule has 0 unspecified atom stereocenters. The highest BCUT2D eigenvalue weighted by atomic mass is 32.2. The molecule has 1 aliphatic rings. The molecule has 1 N–H and O–H groups in total. The number of carbonyl (C=O) groups is 1. The number of anilines is 1. The van der Waals surface area contributed by atoms with Gasteiger partial charge in [0.2, 0.25) is 0 Å². The second-order valence-corrected chi connectivity index (χ2v) is 10.7. The van der Waals surface area contributed by atoms with Crippen molar-refractivity contribution in [2.24, 2.45) is 0 Å². The number of aromatic nitrogens is 2. The molecule has 1 fully saturated rings. The van der Waals surface area contributed by atoms with Gasteiger partial charge in [-0.3, -0.25) is 9.52 Å². The number of benzene rings is 2. The Labute approximate surface area is 214 Å². The minimum atomic E-state index is -4.01. The van der Waals surface area contributed by atoms with Crippen LogP contribution in [-0.2, 0) is 15.7 Å². The predicted molar refractivity (Wildman–Crippen MR) is 139 cm³/mol. The first-order valence-corrected chi connectivity index (χ1v) is 13.2. The van der Waals surface area contributed by atoms with E-state index in [-0.39, 0.29) is 23.4 Å². The maximum Gasteiger partial charge on any atom is 0.301 e. The van der Waals surface area contributed by atoms with Crippen LogP contribution in [0.2, 0.25) is 0 Å². The minimum Gasteiger partial charge on any atom is -0.305 e. The van der Waals surface area contributed by atoms with E-state index in [0.717, 1.165) is 4.31 Å². The van der Waals surface area contributed by atoms with Gasteiger partial charge in [-0.25, -0.2) is 9.37 Å². The van der Waals surface area contributed by atoms with Crippen molar-refractivity contribution in [3.63, 3.8) is 0 Å². The number of hydrogen-bond donors (Lipinski definition) is 1. The van der Waals surface area contributed by atoms with Gasteiger partial charge in [-0.05, 0) is 42.7 Å². The van der Waals surface area contributed by atoms with Gasteiger partial charge in [-0.2, -0.15) is 18.0 Å². The smallest absolute Gasteiger partial charge is 0.301 e. The largest absolute Gasteiger partial charge is 0.305 e. The lowest BCUT2D eigenvalue weighted by Crippen LogP contribution is -2.32. The highest BCUT2D eigenvalue weighted by Crippen LogP contribution is 2.49. The van der Waals surface area contributed by atoms with Crippen molar-refractivity contribution in [3.8, 4) is 17.3 Å². The van der Waals surface area contributed by atoms with E-state index in [9.17, 15) is 18.5 Å². The zero-order valence-corrected chi connectivity index (χ0v) is 21.1. The Morgan fingerprint density at radius 2 is 1.89 bits per heavy atom. The maximum absolute atomic E-state index is 15.7. The van der Waals surface area contributed by atoms with E-state index >= 15 is 4.39 Å². The topological polar surface area (TPSA) is 108 Å². The summed E-state index contributed by atoms with van der Waals surface area (Å²) in [5, 5.41) is 10.5. The lowest BCUT2D eigenvalue weighted by Gasteiger charge is -2.18. The Balaban J connectivity index is 1.74. The average molecular weight is 518 g/mol. The molecular formula is C27H24FN5O3S. The number of fused-ring (bicyclic) bond motifs is 1. The fourth-order valence-electron chi connectivity index (χ4n) is 4.44. The molecule has 0 bridgehead atoms. The molecule has 2 heterocycles. The van der Waals surface area contributed by atoms with Gasteiger partial charge < -0.3 is 4.57 Å². The molecule has 8 nitrogen and oxygen atoms in total. The predicted octanol–water partition coefficient (Wildman–Crippen LogP) is 4.69. The van der Waals surface area contributed by atoms with Gasteiger partial charge in [0.05, 0.1) is 28.6 Å². The van der Waals surface area contributed by atoms with Gasteiger partial charge in [-0.1, -0.05) is 43.3 Å². The van der Waals surface area contributed by atoms with E-state index in [2.05, 4.69) is 15.8 Å². The second kappa shape index (κ2) is 9.10. The van der Waals surface area contributed by atoms with Crippen molar-refractivity contribution < 1.29 is 17.6 Å². The van der Waals surface area contributed by atoms with E-state index in [1.54, 1.807) is 29.8 Å². The molecule has 37 heavy (non-hydrogen) atoms. The molecule has 5 rings (SSSR count). The van der Waals surface area contributed by atoms with Crippen LogP contribution in [0.15, 0.2) is 66.9 Å². The Bertz CT molecular complexity index is 1670. The Hall–Kier alpha value is -4.07. The molecule has 2 aromatic carbocycles. The summed E-state index contributed by atoms with van der Waals surface area (Å²) in [7, 11) is -2.64. The summed E-state index contributed by atoms with van der Waals surface area (Å²) < 4.78 is 45.8. The summed E-state index contributed by atoms with van der Waals surface area (Å²) in [6, 6.07) is 19.0. The lowest BCUT2D eigenvalue weighted by molar-refractivity contribution is 0.103. The molecule has 1 saturated carbocycles. The van der Waals surface area contributed by atoms with Crippen LogP contribution in [-0.4, -0.2) is 41.6 Å². The third kappa shape index (κ3) is 4.06. The second-order valence-electron chi connectivity index (χ2n) is 8.96. The van der Waals surface area contributed by atoms with Crippen molar-refractivity contribution >= 4 is 32.7 Å². The number of rotatable bonds is 8. The molecule has 4 aromatic rings. The van der Waals surface area contributed by atoms with Crippen molar-refractivity contribution in [3.05, 3.63) is 83.8 Å². The Morgan fingerprint density at radius 3 is 2.54 bits per heavy atom. The van der Waals surface area contributed by atoms with Gasteiger partial charge in [0.15, 0.2) is 11.6 Å². The molecule has 1 aliphatic carbocycles. The van der Waals surface area contributed by atoms with Crippen LogP contribution in [0.5, 0.6) is 0 Å². The van der Waals surface area contributed by atoms with Crippen LogP contribution >= 0.6 is 0 Å². The molecular weight excluding hydrogens is 493 g/mol. The van der Waals surface area contributed by atoms with Crippen LogP contribution in [0.1, 0.15) is 35.7 Å². The number of pyridine rings is 1. The number of nitrogens with zero attached hydrogens (tertiary/aromatic N) is 4. The molecule has 0 amide bonds. The number of nitriles is 1. The average Bonchev–Trinajstić information content (AvgIpc) is 3.63. The third-order valence-corrected chi connectivity index (χ3v) is 8.26. The molecule has 0 spiro atoms. The monoisotopic (exact) mass is 517 g/mol. The maximum atomic E-state index is 15.7. The summed E-state index contributed by atoms with van der Waals surface area (Å²) >= 11 is 0. The van der Waals surface area contributed by atoms with E-state index in [4.69, 9.17) is 0 Å². The van der Waals surface area contributed by atoms with Crippen LogP contribution in [0.4, 0.5) is 10.1 Å². The molecule has 188 valence electrons.